The van der Waals surface area contributed by atoms with Gasteiger partial charge in [-0.15, -0.1) is 0 Å². The molecule has 15 unspecified atom stereocenters. The highest BCUT2D eigenvalue weighted by molar-refractivity contribution is 7.81. The van der Waals surface area contributed by atoms with Crippen LogP contribution >= 0.6 is 0 Å². The van der Waals surface area contributed by atoms with Gasteiger partial charge in [-0.1, -0.05) is 97.0 Å². The second kappa shape index (κ2) is 31.7. The number of amides is 7. The van der Waals surface area contributed by atoms with Gasteiger partial charge in [0.15, 0.2) is 23.5 Å². The van der Waals surface area contributed by atoms with Gasteiger partial charge in [0.25, 0.3) is 0 Å². The average Bonchev–Trinajstić information content (AvgIpc) is 3.94. The Kier molecular flexibility index (Phi) is 26.6. The number of unbranched alkanes of at least 4 members (excludes halogenated alkanes) is 12. The second-order valence-electron chi connectivity index (χ2n) is 21.6. The van der Waals surface area contributed by atoms with Gasteiger partial charge in [-0.3, -0.25) is 42.9 Å². The van der Waals surface area contributed by atoms with Crippen molar-refractivity contribution >= 4 is 57.5 Å². The number of nitrogens with one attached hydrogen (secondary N) is 4. The number of aliphatic hydroxyl groups excluding tert-OH is 8. The number of benzene rings is 1. The number of fused-ring (bicyclic) bond motifs is 2. The Morgan fingerprint density at radius 2 is 1.36 bits per heavy atom. The van der Waals surface area contributed by atoms with Gasteiger partial charge in [-0.25, -0.2) is 0 Å². The van der Waals surface area contributed by atoms with Gasteiger partial charge in [-0.05, 0) is 31.0 Å². The number of hydrogen-bond donors (Lipinski definition) is 15. The number of rotatable bonds is 24. The van der Waals surface area contributed by atoms with E-state index in [9.17, 15) is 97.3 Å². The molecule has 0 spiro atoms. The summed E-state index contributed by atoms with van der Waals surface area (Å²) in [5.74, 6) is -14.9. The first-order valence-electron chi connectivity index (χ1n) is 27.6. The molecule has 1 aromatic rings. The van der Waals surface area contributed by atoms with Crippen LogP contribution in [-0.4, -0.2) is 202 Å². The first kappa shape index (κ1) is 67.9. The molecule has 15 atom stereocenters. The third-order valence-electron chi connectivity index (χ3n) is 14.9. The monoisotopic (exact) mass is 1170 g/mol. The number of carbonyl (C=O) groups is 8. The standard InChI is InChI=1S/C52H83N7O21S/c1-4-5-6-7-8-9-10-11-12-13-14-15-16-17-40(67)54-32-23-37(65)49(73)57-50(74)43-44(68)27(2)25-59(43)51(75)31(35(63)24-39(53)66)22-36(64)42(46(70)45(69)29-18-19-34(62)38(20-29)80-81(77,78)79)56-48(72)33-21-30(61)26-58(33)52(76)41(28(3)60)55-47(32)71/h18-20,27-28,30-33,35,37,41-46,49,60-63,65,68-70,73H,4-17,21-26H2,1-3H3,(H2,53,66)(H,54,67)(H,55,71)(H,56,72)(H,57,74)(H,77,78,79). The predicted molar refractivity (Wildman–Crippen MR) is 284 cm³/mol. The Morgan fingerprint density at radius 3 is 1.93 bits per heavy atom. The Morgan fingerprint density at radius 1 is 0.778 bits per heavy atom. The highest BCUT2D eigenvalue weighted by Crippen LogP contribution is 2.34. The number of nitrogens with zero attached hydrogens (tertiary/aromatic N) is 2. The molecule has 3 aliphatic heterocycles. The number of primary amides is 1. The summed E-state index contributed by atoms with van der Waals surface area (Å²) < 4.78 is 36.6. The Bertz CT molecular complexity index is 2440. The lowest BCUT2D eigenvalue weighted by Gasteiger charge is -2.34. The molecule has 458 valence electrons. The van der Waals surface area contributed by atoms with Crippen LogP contribution in [0.4, 0.5) is 0 Å². The fourth-order valence-electron chi connectivity index (χ4n) is 10.4. The average molecular weight is 1170 g/mol. The van der Waals surface area contributed by atoms with Crippen LogP contribution in [0.15, 0.2) is 18.2 Å². The van der Waals surface area contributed by atoms with Crippen molar-refractivity contribution in [2.24, 2.45) is 17.6 Å². The summed E-state index contributed by atoms with van der Waals surface area (Å²) in [5.41, 5.74) is 4.81. The maximum atomic E-state index is 14.7. The van der Waals surface area contributed by atoms with Gasteiger partial charge in [0.05, 0.1) is 36.8 Å². The molecular weight excluding hydrogens is 1090 g/mol. The molecular formula is C52H83N7O21S. The molecule has 81 heavy (non-hydrogen) atoms. The first-order chi connectivity index (χ1) is 38.1. The van der Waals surface area contributed by atoms with E-state index in [-0.39, 0.29) is 6.42 Å². The van der Waals surface area contributed by atoms with Crippen LogP contribution in [0.25, 0.3) is 0 Å². The molecule has 28 nitrogen and oxygen atoms in total. The molecule has 3 heterocycles. The number of carbonyl (C=O) groups excluding carboxylic acids is 8. The van der Waals surface area contributed by atoms with Crippen LogP contribution in [0.5, 0.6) is 11.5 Å². The predicted octanol–water partition coefficient (Wildman–Crippen LogP) is -2.53. The van der Waals surface area contributed by atoms with E-state index in [4.69, 9.17) is 5.73 Å². The van der Waals surface area contributed by atoms with E-state index in [1.807, 2.05) is 0 Å². The largest absolute Gasteiger partial charge is 0.504 e. The molecule has 3 aliphatic rings. The summed E-state index contributed by atoms with van der Waals surface area (Å²) >= 11 is 0. The van der Waals surface area contributed by atoms with Gasteiger partial charge in [-0.2, -0.15) is 8.42 Å². The van der Waals surface area contributed by atoms with Crippen molar-refractivity contribution in [1.29, 1.82) is 0 Å². The molecule has 7 amide bonds. The minimum Gasteiger partial charge on any atom is -0.504 e. The molecule has 4 rings (SSSR count). The first-order valence-corrected chi connectivity index (χ1v) is 29.0. The Labute approximate surface area is 470 Å². The molecule has 0 bridgehead atoms. The topological polar surface area (TPSA) is 463 Å². The van der Waals surface area contributed by atoms with Crippen LogP contribution in [0.2, 0.25) is 0 Å². The SMILES string of the molecule is CCCCCCCCCCCCCCCC(=O)NC1CC(O)C(O)NC(=O)C2C(O)C(C)CN2C(=O)C(C(O)CC(N)=O)CC(=O)C(C(O)C(O)c2ccc(O)c(OS(=O)(=O)O)c2)NC(=O)C2CC(O)CN2C(=O)C(C(C)O)NC1=O. The Balaban J connectivity index is 1.74. The van der Waals surface area contributed by atoms with Gasteiger partial charge >= 0.3 is 10.4 Å². The minimum atomic E-state index is -5.32. The van der Waals surface area contributed by atoms with Gasteiger partial charge < -0.3 is 86.9 Å². The third kappa shape index (κ3) is 20.1. The number of hydrogen-bond acceptors (Lipinski definition) is 20. The number of aliphatic hydroxyl groups is 8. The molecule has 0 saturated carbocycles. The van der Waals surface area contributed by atoms with Gasteiger partial charge in [0, 0.05) is 44.7 Å². The minimum absolute atomic E-state index is 0.109. The van der Waals surface area contributed by atoms with E-state index in [1.165, 1.54) is 45.4 Å². The lowest BCUT2D eigenvalue weighted by Crippen LogP contribution is -2.61. The maximum absolute atomic E-state index is 14.7. The van der Waals surface area contributed by atoms with Gasteiger partial charge in [0.1, 0.15) is 48.5 Å². The van der Waals surface area contributed by atoms with Crippen LogP contribution in [0.1, 0.15) is 148 Å². The van der Waals surface area contributed by atoms with E-state index in [1.54, 1.807) is 0 Å². The molecule has 3 fully saturated rings. The summed E-state index contributed by atoms with van der Waals surface area (Å²) in [4.78, 5) is 113. The molecule has 0 aliphatic carbocycles. The second-order valence-corrected chi connectivity index (χ2v) is 22.6. The maximum Gasteiger partial charge on any atom is 0.446 e. The summed E-state index contributed by atoms with van der Waals surface area (Å²) in [6.45, 7) is 3.48. The fourth-order valence-corrected chi connectivity index (χ4v) is 10.7. The van der Waals surface area contributed by atoms with Crippen molar-refractivity contribution < 1.29 is 101 Å². The van der Waals surface area contributed by atoms with Crippen molar-refractivity contribution in [3.05, 3.63) is 23.8 Å². The zero-order valence-corrected chi connectivity index (χ0v) is 46.7. The van der Waals surface area contributed by atoms with E-state index >= 15 is 0 Å². The smallest absolute Gasteiger partial charge is 0.446 e. The molecule has 0 aromatic heterocycles. The van der Waals surface area contributed by atoms with Crippen molar-refractivity contribution in [3.63, 3.8) is 0 Å². The number of Topliss-reactive ketones (excluding diaryl/α,β-unsaturated/α-hetero) is 1. The lowest BCUT2D eigenvalue weighted by molar-refractivity contribution is -0.151. The molecule has 29 heteroatoms. The van der Waals surface area contributed by atoms with Gasteiger partial charge in [0.2, 0.25) is 41.4 Å². The van der Waals surface area contributed by atoms with Crippen LogP contribution in [-0.2, 0) is 48.8 Å². The van der Waals surface area contributed by atoms with E-state index in [0.29, 0.717) is 28.7 Å². The number of phenols is 1. The van der Waals surface area contributed by atoms with Crippen LogP contribution < -0.4 is 31.2 Å². The van der Waals surface area contributed by atoms with E-state index in [2.05, 4.69) is 32.4 Å². The molecule has 16 N–H and O–H groups in total. The summed E-state index contributed by atoms with van der Waals surface area (Å²) in [7, 11) is -5.32. The van der Waals surface area contributed by atoms with E-state index in [0.717, 1.165) is 51.2 Å². The highest BCUT2D eigenvalue weighted by Gasteiger charge is 2.51. The zero-order chi connectivity index (χ0) is 60.5. The van der Waals surface area contributed by atoms with Crippen LogP contribution in [0.3, 0.4) is 0 Å². The highest BCUT2D eigenvalue weighted by atomic mass is 32.3. The molecule has 1 aromatic carbocycles. The normalized spacial score (nSPS) is 28.1. The quantitative estimate of drug-likeness (QED) is 0.0375. The zero-order valence-electron chi connectivity index (χ0n) is 45.9. The van der Waals surface area contributed by atoms with Crippen molar-refractivity contribution in [1.82, 2.24) is 31.1 Å². The number of aromatic hydroxyl groups is 1. The number of nitrogens with two attached hydrogens (primary N) is 1. The van der Waals surface area contributed by atoms with E-state index < -0.39 is 204 Å². The summed E-state index contributed by atoms with van der Waals surface area (Å²) in [6.07, 6.45) is -7.29. The number of ketones is 1. The summed E-state index contributed by atoms with van der Waals surface area (Å²) in [5, 5.41) is 110. The fraction of sp³-hybridized carbons (Fsp3) is 0.731. The Hall–Kier alpha value is -5.63. The van der Waals surface area contributed by atoms with Crippen LogP contribution in [0, 0.1) is 11.8 Å². The molecule has 3 saturated heterocycles. The number of phenolic OH excluding ortho intramolecular Hbond substituents is 1. The summed E-state index contributed by atoms with van der Waals surface area (Å²) in [6, 6.07) is -7.85. The lowest BCUT2D eigenvalue weighted by atomic mass is 9.86. The molecule has 0 radical (unpaired) electrons. The van der Waals surface area contributed by atoms with Crippen molar-refractivity contribution in [2.75, 3.05) is 13.1 Å². The van der Waals surface area contributed by atoms with Crippen molar-refractivity contribution in [2.45, 2.75) is 216 Å². The van der Waals surface area contributed by atoms with Crippen molar-refractivity contribution in [3.8, 4) is 11.5 Å². The third-order valence-corrected chi connectivity index (χ3v) is 15.3.